The van der Waals surface area contributed by atoms with E-state index in [1.807, 2.05) is 19.0 Å². The molecule has 0 saturated carbocycles. The maximum absolute atomic E-state index is 9.55. The molecule has 0 bridgehead atoms. The fourth-order valence-electron chi connectivity index (χ4n) is 4.01. The van der Waals surface area contributed by atoms with Crippen molar-refractivity contribution >= 4 is 11.8 Å². The fourth-order valence-corrected chi connectivity index (χ4v) is 4.01. The number of hydrogen-bond acceptors (Lipinski definition) is 7. The number of rotatable bonds is 6. The number of aliphatic hydroxyl groups is 1. The van der Waals surface area contributed by atoms with Crippen molar-refractivity contribution in [2.24, 2.45) is 5.92 Å². The van der Waals surface area contributed by atoms with Gasteiger partial charge >= 0.3 is 0 Å². The van der Waals surface area contributed by atoms with Gasteiger partial charge in [-0.05, 0) is 25.3 Å². The fraction of sp³-hybridized carbons (Fsp3) is 0.789. The summed E-state index contributed by atoms with van der Waals surface area (Å²) in [5.74, 6) is 2.53. The predicted octanol–water partition coefficient (Wildman–Crippen LogP) is 0.717. The van der Waals surface area contributed by atoms with Gasteiger partial charge in [-0.15, -0.1) is 0 Å². The third kappa shape index (κ3) is 4.27. The van der Waals surface area contributed by atoms with Crippen molar-refractivity contribution in [2.75, 3.05) is 63.2 Å². The lowest BCUT2D eigenvalue weighted by Crippen LogP contribution is -2.55. The Balaban J connectivity index is 1.87. The van der Waals surface area contributed by atoms with E-state index in [-0.39, 0.29) is 6.61 Å². The van der Waals surface area contributed by atoms with E-state index in [2.05, 4.69) is 29.0 Å². The molecule has 1 saturated heterocycles. The third-order valence-corrected chi connectivity index (χ3v) is 5.27. The molecule has 1 aromatic rings. The van der Waals surface area contributed by atoms with Crippen LogP contribution in [0.4, 0.5) is 11.8 Å². The van der Waals surface area contributed by atoms with Gasteiger partial charge in [0.05, 0.1) is 5.69 Å². The normalized spacial score (nSPS) is 21.2. The Labute approximate surface area is 157 Å². The second-order valence-electron chi connectivity index (χ2n) is 8.09. The van der Waals surface area contributed by atoms with Crippen LogP contribution in [0.2, 0.25) is 0 Å². The van der Waals surface area contributed by atoms with Gasteiger partial charge in [0.1, 0.15) is 5.82 Å². The summed E-state index contributed by atoms with van der Waals surface area (Å²) < 4.78 is 0. The number of nitrogens with zero attached hydrogens (tertiary/aromatic N) is 5. The lowest BCUT2D eigenvalue weighted by Gasteiger charge is -2.43. The third-order valence-electron chi connectivity index (χ3n) is 5.27. The molecular weight excluding hydrogens is 328 g/mol. The zero-order valence-electron chi connectivity index (χ0n) is 16.7. The van der Waals surface area contributed by atoms with Gasteiger partial charge in [-0.2, -0.15) is 4.98 Å². The first-order valence-electron chi connectivity index (χ1n) is 9.87. The molecule has 0 amide bonds. The first-order chi connectivity index (χ1) is 12.5. The van der Waals surface area contributed by atoms with Crippen LogP contribution in [0, 0.1) is 5.92 Å². The predicted molar refractivity (Wildman–Crippen MR) is 106 cm³/mol. The monoisotopic (exact) mass is 362 g/mol. The molecule has 1 aromatic heterocycles. The second-order valence-corrected chi connectivity index (χ2v) is 8.09. The summed E-state index contributed by atoms with van der Waals surface area (Å²) in [7, 11) is 3.99. The van der Waals surface area contributed by atoms with Gasteiger partial charge in [0.15, 0.2) is 0 Å². The Kier molecular flexibility index (Phi) is 6.32. The molecule has 1 fully saturated rings. The molecule has 0 aromatic carbocycles. The molecule has 146 valence electrons. The lowest BCUT2D eigenvalue weighted by molar-refractivity contribution is 0.128. The molecule has 0 aliphatic carbocycles. The van der Waals surface area contributed by atoms with Gasteiger partial charge in [-0.3, -0.25) is 4.90 Å². The molecule has 2 aliphatic rings. The smallest absolute Gasteiger partial charge is 0.227 e. The summed E-state index contributed by atoms with van der Waals surface area (Å²) in [6.45, 7) is 10.6. The van der Waals surface area contributed by atoms with Crippen LogP contribution in [0.1, 0.15) is 31.5 Å². The molecule has 7 nitrogen and oxygen atoms in total. The van der Waals surface area contributed by atoms with Crippen LogP contribution in [0.25, 0.3) is 0 Å². The van der Waals surface area contributed by atoms with Crippen molar-refractivity contribution in [3.05, 3.63) is 11.3 Å². The van der Waals surface area contributed by atoms with Crippen LogP contribution in [-0.4, -0.2) is 79.4 Å². The largest absolute Gasteiger partial charge is 0.396 e. The van der Waals surface area contributed by atoms with E-state index in [0.29, 0.717) is 12.0 Å². The van der Waals surface area contributed by atoms with E-state index in [0.717, 1.165) is 69.6 Å². The van der Waals surface area contributed by atoms with E-state index in [1.54, 1.807) is 0 Å². The summed E-state index contributed by atoms with van der Waals surface area (Å²) in [5, 5.41) is 13.0. The average molecular weight is 363 g/mol. The molecule has 1 atom stereocenters. The summed E-state index contributed by atoms with van der Waals surface area (Å²) in [6.07, 6.45) is 1.80. The van der Waals surface area contributed by atoms with Crippen LogP contribution in [0.5, 0.6) is 0 Å². The van der Waals surface area contributed by atoms with Crippen molar-refractivity contribution in [1.82, 2.24) is 20.2 Å². The minimum Gasteiger partial charge on any atom is -0.396 e. The highest BCUT2D eigenvalue weighted by molar-refractivity contribution is 5.54. The van der Waals surface area contributed by atoms with E-state index in [1.165, 1.54) is 5.56 Å². The number of aromatic nitrogens is 2. The van der Waals surface area contributed by atoms with Crippen molar-refractivity contribution in [2.45, 2.75) is 39.3 Å². The zero-order chi connectivity index (χ0) is 18.7. The van der Waals surface area contributed by atoms with E-state index < -0.39 is 0 Å². The van der Waals surface area contributed by atoms with Gasteiger partial charge in [-0.1, -0.05) is 13.8 Å². The van der Waals surface area contributed by atoms with Gasteiger partial charge in [0.25, 0.3) is 0 Å². The minimum atomic E-state index is 0.238. The molecule has 1 unspecified atom stereocenters. The summed E-state index contributed by atoms with van der Waals surface area (Å²) in [5.41, 5.74) is 2.43. The van der Waals surface area contributed by atoms with Gasteiger partial charge in [-0.25, -0.2) is 4.98 Å². The number of fused-ring (bicyclic) bond motifs is 1. The van der Waals surface area contributed by atoms with Gasteiger partial charge in [0.2, 0.25) is 5.95 Å². The summed E-state index contributed by atoms with van der Waals surface area (Å²) in [6, 6.07) is 0.381. The molecule has 3 heterocycles. The van der Waals surface area contributed by atoms with Crippen LogP contribution >= 0.6 is 0 Å². The molecule has 7 heteroatoms. The second kappa shape index (κ2) is 8.50. The number of nitrogens with one attached hydrogen (secondary N) is 1. The molecule has 0 spiro atoms. The lowest BCUT2D eigenvalue weighted by atomic mass is 10.0. The van der Waals surface area contributed by atoms with E-state index in [9.17, 15) is 5.11 Å². The highest BCUT2D eigenvalue weighted by Gasteiger charge is 2.30. The van der Waals surface area contributed by atoms with E-state index >= 15 is 0 Å². The SMILES string of the molecule is CC(C)CN1CCN(c2nc(N(C)C)nc3c2CCNC3)CC1CCO. The maximum Gasteiger partial charge on any atom is 0.227 e. The van der Waals surface area contributed by atoms with Crippen molar-refractivity contribution in [3.8, 4) is 0 Å². The van der Waals surface area contributed by atoms with Gasteiger partial charge < -0.3 is 20.2 Å². The Morgan fingerprint density at radius 3 is 2.77 bits per heavy atom. The number of hydrogen-bond donors (Lipinski definition) is 2. The molecule has 26 heavy (non-hydrogen) atoms. The Morgan fingerprint density at radius 1 is 1.27 bits per heavy atom. The average Bonchev–Trinajstić information content (AvgIpc) is 2.62. The highest BCUT2D eigenvalue weighted by Crippen LogP contribution is 2.28. The Hall–Kier alpha value is -1.44. The molecule has 2 aliphatic heterocycles. The number of aliphatic hydroxyl groups excluding tert-OH is 1. The topological polar surface area (TPSA) is 67.8 Å². The Bertz CT molecular complexity index is 606. The minimum absolute atomic E-state index is 0.238. The number of piperazine rings is 1. The number of anilines is 2. The first-order valence-corrected chi connectivity index (χ1v) is 9.87. The van der Waals surface area contributed by atoms with Crippen LogP contribution in [0.3, 0.4) is 0 Å². The van der Waals surface area contributed by atoms with Crippen molar-refractivity contribution in [3.63, 3.8) is 0 Å². The van der Waals surface area contributed by atoms with Crippen LogP contribution < -0.4 is 15.1 Å². The van der Waals surface area contributed by atoms with Crippen molar-refractivity contribution in [1.29, 1.82) is 0 Å². The van der Waals surface area contributed by atoms with Crippen molar-refractivity contribution < 1.29 is 5.11 Å². The quantitative estimate of drug-likeness (QED) is 0.773. The zero-order valence-corrected chi connectivity index (χ0v) is 16.7. The molecule has 0 radical (unpaired) electrons. The molecule has 2 N–H and O–H groups in total. The molecular formula is C19H34N6O. The summed E-state index contributed by atoms with van der Waals surface area (Å²) >= 11 is 0. The summed E-state index contributed by atoms with van der Waals surface area (Å²) in [4.78, 5) is 16.6. The maximum atomic E-state index is 9.55. The van der Waals surface area contributed by atoms with Crippen LogP contribution in [-0.2, 0) is 13.0 Å². The highest BCUT2D eigenvalue weighted by atomic mass is 16.3. The molecule has 3 rings (SSSR count). The van der Waals surface area contributed by atoms with Gasteiger partial charge in [0, 0.05) is 65.0 Å². The van der Waals surface area contributed by atoms with Crippen LogP contribution in [0.15, 0.2) is 0 Å². The standard InChI is InChI=1S/C19H34N6O/c1-14(2)12-24-8-9-25(13-15(24)6-10-26)18-16-5-7-20-11-17(16)21-19(22-18)23(3)4/h14-15,20,26H,5-13H2,1-4H3. The first kappa shape index (κ1) is 19.3. The van der Waals surface area contributed by atoms with E-state index in [4.69, 9.17) is 9.97 Å². The Morgan fingerprint density at radius 2 is 2.08 bits per heavy atom.